The van der Waals surface area contributed by atoms with E-state index >= 15 is 0 Å². The molecule has 1 atom stereocenters. The Bertz CT molecular complexity index is 834. The van der Waals surface area contributed by atoms with E-state index in [4.69, 9.17) is 10.5 Å². The fourth-order valence-electron chi connectivity index (χ4n) is 2.23. The van der Waals surface area contributed by atoms with Gasteiger partial charge in [0.2, 0.25) is 10.0 Å². The highest BCUT2D eigenvalue weighted by atomic mass is 32.2. The van der Waals surface area contributed by atoms with E-state index in [2.05, 4.69) is 15.0 Å². The number of ether oxygens (including phenoxy) is 1. The Labute approximate surface area is 146 Å². The van der Waals surface area contributed by atoms with E-state index in [0.29, 0.717) is 6.54 Å². The molecule has 0 aliphatic heterocycles. The number of nitrogens with zero attached hydrogens (tertiary/aromatic N) is 3. The summed E-state index contributed by atoms with van der Waals surface area (Å²) in [6.07, 6.45) is 3.18. The molecular formula is C15H21N5O4S. The summed E-state index contributed by atoms with van der Waals surface area (Å²) in [7, 11) is -2.49. The van der Waals surface area contributed by atoms with Gasteiger partial charge in [-0.25, -0.2) is 13.1 Å². The van der Waals surface area contributed by atoms with Gasteiger partial charge >= 0.3 is 0 Å². The maximum atomic E-state index is 12.7. The smallest absolute Gasteiger partial charge is 0.252 e. The summed E-state index contributed by atoms with van der Waals surface area (Å²) in [6.45, 7) is 4.12. The Balaban J connectivity index is 2.30. The summed E-state index contributed by atoms with van der Waals surface area (Å²) in [5.74, 6) is -0.542. The van der Waals surface area contributed by atoms with Crippen LogP contribution in [0.2, 0.25) is 0 Å². The number of nitrogens with one attached hydrogen (secondary N) is 1. The van der Waals surface area contributed by atoms with Crippen molar-refractivity contribution in [3.05, 3.63) is 36.2 Å². The molecular weight excluding hydrogens is 346 g/mol. The third-order valence-electron chi connectivity index (χ3n) is 3.71. The molecule has 2 rings (SSSR count). The Hall–Kier alpha value is -2.46. The van der Waals surface area contributed by atoms with Crippen LogP contribution in [0, 0.1) is 5.92 Å². The van der Waals surface area contributed by atoms with Gasteiger partial charge in [0.15, 0.2) is 0 Å². The maximum Gasteiger partial charge on any atom is 0.252 e. The SMILES string of the molecule is COc1ccc(S(=O)(=O)N[C@H](Cn2ccnn2)C(C)C)cc1C(N)=O. The quantitative estimate of drug-likeness (QED) is 0.694. The number of rotatable bonds is 8. The van der Waals surface area contributed by atoms with Gasteiger partial charge in [0, 0.05) is 12.2 Å². The number of aromatic nitrogens is 3. The van der Waals surface area contributed by atoms with Crippen molar-refractivity contribution in [1.82, 2.24) is 19.7 Å². The van der Waals surface area contributed by atoms with E-state index in [1.54, 1.807) is 10.9 Å². The van der Waals surface area contributed by atoms with Crippen LogP contribution in [-0.2, 0) is 16.6 Å². The minimum Gasteiger partial charge on any atom is -0.496 e. The third kappa shape index (κ3) is 4.54. The van der Waals surface area contributed by atoms with Crippen LogP contribution in [0.15, 0.2) is 35.5 Å². The molecule has 2 aromatic rings. The molecule has 3 N–H and O–H groups in total. The van der Waals surface area contributed by atoms with E-state index in [0.717, 1.165) is 0 Å². The van der Waals surface area contributed by atoms with Crippen LogP contribution in [0.1, 0.15) is 24.2 Å². The first kappa shape index (κ1) is 18.9. The second kappa shape index (κ2) is 7.62. The number of primary amides is 1. The maximum absolute atomic E-state index is 12.7. The molecule has 1 aromatic heterocycles. The number of carbonyl (C=O) groups is 1. The Morgan fingerprint density at radius 3 is 2.64 bits per heavy atom. The average molecular weight is 367 g/mol. The molecule has 0 aliphatic carbocycles. The summed E-state index contributed by atoms with van der Waals surface area (Å²) in [6, 6.07) is 3.55. The van der Waals surface area contributed by atoms with Crippen LogP contribution in [0.4, 0.5) is 0 Å². The second-order valence-electron chi connectivity index (χ2n) is 5.82. The zero-order chi connectivity index (χ0) is 18.6. The van der Waals surface area contributed by atoms with Gasteiger partial charge in [-0.3, -0.25) is 9.48 Å². The monoisotopic (exact) mass is 367 g/mol. The van der Waals surface area contributed by atoms with Gasteiger partial charge in [0.05, 0.1) is 30.3 Å². The Morgan fingerprint density at radius 2 is 2.12 bits per heavy atom. The number of nitrogens with two attached hydrogens (primary N) is 1. The molecule has 0 bridgehead atoms. The zero-order valence-corrected chi connectivity index (χ0v) is 15.0. The molecule has 1 aromatic carbocycles. The number of amides is 1. The van der Waals surface area contributed by atoms with Crippen LogP contribution in [0.25, 0.3) is 0 Å². The predicted molar refractivity (Wildman–Crippen MR) is 90.5 cm³/mol. The third-order valence-corrected chi connectivity index (χ3v) is 5.20. The molecule has 1 heterocycles. The van der Waals surface area contributed by atoms with Gasteiger partial charge in [0.25, 0.3) is 5.91 Å². The summed E-state index contributed by atoms with van der Waals surface area (Å²) in [5.41, 5.74) is 5.29. The second-order valence-corrected chi connectivity index (χ2v) is 7.54. The Morgan fingerprint density at radius 1 is 1.40 bits per heavy atom. The van der Waals surface area contributed by atoms with Crippen LogP contribution < -0.4 is 15.2 Å². The molecule has 0 saturated heterocycles. The van der Waals surface area contributed by atoms with Crippen LogP contribution in [-0.4, -0.2) is 42.5 Å². The molecule has 0 fully saturated rings. The number of hydrogen-bond acceptors (Lipinski definition) is 6. The van der Waals surface area contributed by atoms with E-state index in [-0.39, 0.29) is 22.1 Å². The summed E-state index contributed by atoms with van der Waals surface area (Å²) >= 11 is 0. The minimum absolute atomic E-state index is 0.00254. The summed E-state index contributed by atoms with van der Waals surface area (Å²) in [4.78, 5) is 11.4. The fourth-order valence-corrected chi connectivity index (χ4v) is 3.63. The van der Waals surface area contributed by atoms with E-state index in [9.17, 15) is 13.2 Å². The van der Waals surface area contributed by atoms with Crippen molar-refractivity contribution in [1.29, 1.82) is 0 Å². The number of methoxy groups -OCH3 is 1. The molecule has 136 valence electrons. The normalized spacial score (nSPS) is 13.0. The molecule has 9 nitrogen and oxygen atoms in total. The largest absolute Gasteiger partial charge is 0.496 e. The van der Waals surface area contributed by atoms with Crippen molar-refractivity contribution in [2.45, 2.75) is 31.3 Å². The van der Waals surface area contributed by atoms with Gasteiger partial charge in [0.1, 0.15) is 5.75 Å². The van der Waals surface area contributed by atoms with Crippen molar-refractivity contribution in [2.24, 2.45) is 11.7 Å². The summed E-state index contributed by atoms with van der Waals surface area (Å²) < 4.78 is 34.6. The van der Waals surface area contributed by atoms with Crippen molar-refractivity contribution in [3.63, 3.8) is 0 Å². The van der Waals surface area contributed by atoms with Crippen molar-refractivity contribution in [3.8, 4) is 5.75 Å². The minimum atomic E-state index is -3.86. The number of hydrogen-bond donors (Lipinski definition) is 2. The molecule has 25 heavy (non-hydrogen) atoms. The molecule has 0 unspecified atom stereocenters. The van der Waals surface area contributed by atoms with E-state index < -0.39 is 22.0 Å². The van der Waals surface area contributed by atoms with Crippen molar-refractivity contribution in [2.75, 3.05) is 7.11 Å². The lowest BCUT2D eigenvalue weighted by atomic mass is 10.1. The molecule has 0 spiro atoms. The molecule has 0 aliphatic rings. The van der Waals surface area contributed by atoms with E-state index in [1.165, 1.54) is 31.5 Å². The van der Waals surface area contributed by atoms with Crippen molar-refractivity contribution < 1.29 is 17.9 Å². The predicted octanol–water partition coefficient (Wildman–Crippen LogP) is 0.389. The number of benzene rings is 1. The van der Waals surface area contributed by atoms with Crippen LogP contribution >= 0.6 is 0 Å². The highest BCUT2D eigenvalue weighted by molar-refractivity contribution is 7.89. The fraction of sp³-hybridized carbons (Fsp3) is 0.400. The molecule has 1 amide bonds. The number of carbonyl (C=O) groups excluding carboxylic acids is 1. The first-order chi connectivity index (χ1) is 11.7. The molecule has 0 saturated carbocycles. The first-order valence-corrected chi connectivity index (χ1v) is 9.07. The lowest BCUT2D eigenvalue weighted by molar-refractivity contribution is 0.0997. The Kier molecular flexibility index (Phi) is 5.75. The van der Waals surface area contributed by atoms with Crippen LogP contribution in [0.5, 0.6) is 5.75 Å². The van der Waals surface area contributed by atoms with Gasteiger partial charge in [-0.05, 0) is 24.1 Å². The molecule has 10 heteroatoms. The standard InChI is InChI=1S/C15H21N5O4S/c1-10(2)13(9-20-7-6-17-19-20)18-25(22,23)11-4-5-14(24-3)12(8-11)15(16)21/h4-8,10,13,18H,9H2,1-3H3,(H2,16,21)/t13-/m1/s1. The highest BCUT2D eigenvalue weighted by Crippen LogP contribution is 2.22. The molecule has 0 radical (unpaired) electrons. The zero-order valence-electron chi connectivity index (χ0n) is 14.2. The van der Waals surface area contributed by atoms with Gasteiger partial charge < -0.3 is 10.5 Å². The van der Waals surface area contributed by atoms with Crippen molar-refractivity contribution >= 4 is 15.9 Å². The van der Waals surface area contributed by atoms with E-state index in [1.807, 2.05) is 13.8 Å². The topological polar surface area (TPSA) is 129 Å². The lowest BCUT2D eigenvalue weighted by Gasteiger charge is -2.22. The van der Waals surface area contributed by atoms with Gasteiger partial charge in [-0.2, -0.15) is 0 Å². The van der Waals surface area contributed by atoms with Gasteiger partial charge in [-0.15, -0.1) is 5.10 Å². The highest BCUT2D eigenvalue weighted by Gasteiger charge is 2.24. The lowest BCUT2D eigenvalue weighted by Crippen LogP contribution is -2.41. The summed E-state index contributed by atoms with van der Waals surface area (Å²) in [5, 5.41) is 7.57. The van der Waals surface area contributed by atoms with Crippen LogP contribution in [0.3, 0.4) is 0 Å². The average Bonchev–Trinajstić information content (AvgIpc) is 3.06. The van der Waals surface area contributed by atoms with Gasteiger partial charge in [-0.1, -0.05) is 19.1 Å². The first-order valence-electron chi connectivity index (χ1n) is 7.59. The number of sulfonamides is 1.